The SMILES string of the molecule is CC(C)C1NC2CCC2C1C(C)C. The predicted octanol–water partition coefficient (Wildman–Crippen LogP) is 2.67. The summed E-state index contributed by atoms with van der Waals surface area (Å²) in [5, 5.41) is 3.82. The van der Waals surface area contributed by atoms with E-state index in [4.69, 9.17) is 0 Å². The molecule has 1 saturated heterocycles. The molecule has 1 heteroatoms. The molecule has 0 amide bonds. The Labute approximate surface area is 82.3 Å². The van der Waals surface area contributed by atoms with E-state index in [0.717, 1.165) is 35.8 Å². The molecular weight excluding hydrogens is 158 g/mol. The number of fused-ring (bicyclic) bond motifs is 1. The Bertz CT molecular complexity index is 186. The highest BCUT2D eigenvalue weighted by molar-refractivity contribution is 5.04. The second kappa shape index (κ2) is 3.27. The zero-order valence-electron chi connectivity index (χ0n) is 9.38. The standard InChI is InChI=1S/C12H23N/c1-7(2)11-9-5-6-10(9)13-12(11)8(3)4/h7-13H,5-6H2,1-4H3. The minimum absolute atomic E-state index is 0.789. The number of nitrogens with one attached hydrogen (secondary N) is 1. The molecule has 2 aliphatic rings. The average Bonchev–Trinajstić information content (AvgIpc) is 2.23. The summed E-state index contributed by atoms with van der Waals surface area (Å²) >= 11 is 0. The Morgan fingerprint density at radius 3 is 2.08 bits per heavy atom. The fourth-order valence-corrected chi connectivity index (χ4v) is 3.36. The maximum absolute atomic E-state index is 3.82. The van der Waals surface area contributed by atoms with Crippen LogP contribution in [-0.2, 0) is 0 Å². The van der Waals surface area contributed by atoms with E-state index in [0.29, 0.717) is 0 Å². The molecule has 1 N–H and O–H groups in total. The molecule has 1 aliphatic heterocycles. The highest BCUT2D eigenvalue weighted by Crippen LogP contribution is 2.46. The Morgan fingerprint density at radius 1 is 1.00 bits per heavy atom. The number of hydrogen-bond acceptors (Lipinski definition) is 1. The van der Waals surface area contributed by atoms with Crippen molar-refractivity contribution < 1.29 is 0 Å². The summed E-state index contributed by atoms with van der Waals surface area (Å²) in [6.45, 7) is 9.50. The van der Waals surface area contributed by atoms with Gasteiger partial charge in [-0.2, -0.15) is 0 Å². The summed E-state index contributed by atoms with van der Waals surface area (Å²) in [4.78, 5) is 0. The van der Waals surface area contributed by atoms with Crippen molar-refractivity contribution in [2.45, 2.75) is 52.6 Å². The molecular formula is C12H23N. The maximum Gasteiger partial charge on any atom is 0.0127 e. The zero-order valence-corrected chi connectivity index (χ0v) is 9.38. The van der Waals surface area contributed by atoms with Crippen molar-refractivity contribution in [2.75, 3.05) is 0 Å². The van der Waals surface area contributed by atoms with Crippen molar-refractivity contribution in [3.63, 3.8) is 0 Å². The topological polar surface area (TPSA) is 12.0 Å². The van der Waals surface area contributed by atoms with Gasteiger partial charge in [0.2, 0.25) is 0 Å². The second-order valence-electron chi connectivity index (χ2n) is 5.61. The van der Waals surface area contributed by atoms with Crippen molar-refractivity contribution in [1.82, 2.24) is 5.32 Å². The van der Waals surface area contributed by atoms with Crippen LogP contribution in [0.3, 0.4) is 0 Å². The average molecular weight is 181 g/mol. The van der Waals surface area contributed by atoms with Crippen molar-refractivity contribution in [3.05, 3.63) is 0 Å². The normalized spacial score (nSPS) is 43.8. The minimum Gasteiger partial charge on any atom is -0.310 e. The third-order valence-corrected chi connectivity index (χ3v) is 4.13. The van der Waals surface area contributed by atoms with Gasteiger partial charge in [0, 0.05) is 12.1 Å². The molecule has 1 aliphatic carbocycles. The molecule has 4 unspecified atom stereocenters. The molecule has 76 valence electrons. The van der Waals surface area contributed by atoms with Crippen LogP contribution in [0.1, 0.15) is 40.5 Å². The molecule has 13 heavy (non-hydrogen) atoms. The summed E-state index contributed by atoms with van der Waals surface area (Å²) < 4.78 is 0. The van der Waals surface area contributed by atoms with Crippen LogP contribution in [0, 0.1) is 23.7 Å². The smallest absolute Gasteiger partial charge is 0.0127 e. The quantitative estimate of drug-likeness (QED) is 0.690. The number of hydrogen-bond donors (Lipinski definition) is 1. The van der Waals surface area contributed by atoms with E-state index in [1.807, 2.05) is 0 Å². The molecule has 0 aromatic rings. The van der Waals surface area contributed by atoms with Gasteiger partial charge in [-0.3, -0.25) is 0 Å². The molecule has 1 nitrogen and oxygen atoms in total. The molecule has 0 aromatic carbocycles. The fourth-order valence-electron chi connectivity index (χ4n) is 3.36. The molecule has 0 radical (unpaired) electrons. The van der Waals surface area contributed by atoms with Crippen molar-refractivity contribution in [2.24, 2.45) is 23.7 Å². The van der Waals surface area contributed by atoms with Crippen LogP contribution in [0.2, 0.25) is 0 Å². The summed E-state index contributed by atoms with van der Waals surface area (Å²) in [6.07, 6.45) is 2.90. The van der Waals surface area contributed by atoms with Gasteiger partial charge in [-0.05, 0) is 36.5 Å². The highest BCUT2D eigenvalue weighted by Gasteiger charge is 2.49. The lowest BCUT2D eigenvalue weighted by atomic mass is 9.68. The Balaban J connectivity index is 2.10. The van der Waals surface area contributed by atoms with Crippen LogP contribution in [0.4, 0.5) is 0 Å². The maximum atomic E-state index is 3.82. The third-order valence-electron chi connectivity index (χ3n) is 4.13. The first-order valence-electron chi connectivity index (χ1n) is 5.87. The van der Waals surface area contributed by atoms with Crippen LogP contribution < -0.4 is 5.32 Å². The van der Waals surface area contributed by atoms with E-state index >= 15 is 0 Å². The first-order valence-corrected chi connectivity index (χ1v) is 5.87. The van der Waals surface area contributed by atoms with Gasteiger partial charge in [0.25, 0.3) is 0 Å². The lowest BCUT2D eigenvalue weighted by molar-refractivity contribution is 0.173. The van der Waals surface area contributed by atoms with Gasteiger partial charge in [0.1, 0.15) is 0 Å². The fraction of sp³-hybridized carbons (Fsp3) is 1.00. The van der Waals surface area contributed by atoms with Crippen LogP contribution in [0.25, 0.3) is 0 Å². The molecule has 4 atom stereocenters. The first kappa shape index (κ1) is 9.51. The first-order chi connectivity index (χ1) is 6.11. The lowest BCUT2D eigenvalue weighted by Crippen LogP contribution is -2.38. The Kier molecular flexibility index (Phi) is 2.39. The summed E-state index contributed by atoms with van der Waals surface area (Å²) in [7, 11) is 0. The zero-order chi connectivity index (χ0) is 9.59. The largest absolute Gasteiger partial charge is 0.310 e. The van der Waals surface area contributed by atoms with Gasteiger partial charge in [-0.25, -0.2) is 0 Å². The van der Waals surface area contributed by atoms with Gasteiger partial charge in [0.05, 0.1) is 0 Å². The summed E-state index contributed by atoms with van der Waals surface area (Å²) in [5.74, 6) is 3.61. The van der Waals surface area contributed by atoms with E-state index in [-0.39, 0.29) is 0 Å². The van der Waals surface area contributed by atoms with Crippen LogP contribution >= 0.6 is 0 Å². The molecule has 0 spiro atoms. The van der Waals surface area contributed by atoms with Gasteiger partial charge < -0.3 is 5.32 Å². The van der Waals surface area contributed by atoms with E-state index in [1.54, 1.807) is 0 Å². The summed E-state index contributed by atoms with van der Waals surface area (Å²) in [5.41, 5.74) is 0. The monoisotopic (exact) mass is 181 g/mol. The van der Waals surface area contributed by atoms with E-state index in [9.17, 15) is 0 Å². The Hall–Kier alpha value is -0.0400. The highest BCUT2D eigenvalue weighted by atomic mass is 15.0. The molecule has 0 bridgehead atoms. The third kappa shape index (κ3) is 1.41. The number of rotatable bonds is 2. The van der Waals surface area contributed by atoms with E-state index < -0.39 is 0 Å². The van der Waals surface area contributed by atoms with Crippen LogP contribution in [-0.4, -0.2) is 12.1 Å². The summed E-state index contributed by atoms with van der Waals surface area (Å²) in [6, 6.07) is 1.66. The minimum atomic E-state index is 0.789. The van der Waals surface area contributed by atoms with E-state index in [2.05, 4.69) is 33.0 Å². The van der Waals surface area contributed by atoms with Gasteiger partial charge >= 0.3 is 0 Å². The molecule has 2 fully saturated rings. The lowest BCUT2D eigenvalue weighted by Gasteiger charge is -2.35. The van der Waals surface area contributed by atoms with Crippen molar-refractivity contribution >= 4 is 0 Å². The second-order valence-corrected chi connectivity index (χ2v) is 5.61. The van der Waals surface area contributed by atoms with Crippen LogP contribution in [0.15, 0.2) is 0 Å². The molecule has 0 aromatic heterocycles. The molecule has 1 saturated carbocycles. The van der Waals surface area contributed by atoms with Crippen molar-refractivity contribution in [1.29, 1.82) is 0 Å². The van der Waals surface area contributed by atoms with Crippen LogP contribution in [0.5, 0.6) is 0 Å². The van der Waals surface area contributed by atoms with Gasteiger partial charge in [-0.15, -0.1) is 0 Å². The van der Waals surface area contributed by atoms with E-state index in [1.165, 1.54) is 12.8 Å². The molecule has 1 heterocycles. The predicted molar refractivity (Wildman–Crippen MR) is 56.6 cm³/mol. The Morgan fingerprint density at radius 2 is 1.69 bits per heavy atom. The van der Waals surface area contributed by atoms with Crippen molar-refractivity contribution in [3.8, 4) is 0 Å². The van der Waals surface area contributed by atoms with Gasteiger partial charge in [-0.1, -0.05) is 27.7 Å². The molecule has 2 rings (SSSR count). The van der Waals surface area contributed by atoms with Gasteiger partial charge in [0.15, 0.2) is 0 Å².